The Bertz CT molecular complexity index is 186. The van der Waals surface area contributed by atoms with Crippen LogP contribution in [0, 0.1) is 0 Å². The molecule has 1 saturated heterocycles. The van der Waals surface area contributed by atoms with Gasteiger partial charge in [0.15, 0.2) is 0 Å². The van der Waals surface area contributed by atoms with E-state index < -0.39 is 6.10 Å². The zero-order valence-corrected chi connectivity index (χ0v) is 7.99. The van der Waals surface area contributed by atoms with Crippen molar-refractivity contribution in [1.29, 1.82) is 0 Å². The van der Waals surface area contributed by atoms with Gasteiger partial charge in [-0.05, 0) is 6.92 Å². The maximum atomic E-state index is 11.2. The van der Waals surface area contributed by atoms with Gasteiger partial charge in [-0.15, -0.1) is 0 Å². The van der Waals surface area contributed by atoms with Gasteiger partial charge in [0.05, 0.1) is 18.8 Å². The first-order valence-electron chi connectivity index (χ1n) is 4.45. The summed E-state index contributed by atoms with van der Waals surface area (Å²) in [6, 6.07) is -0.168. The number of rotatable bonds is 2. The first-order chi connectivity index (χ1) is 6.16. The summed E-state index contributed by atoms with van der Waals surface area (Å²) in [5, 5.41) is 12.5. The summed E-state index contributed by atoms with van der Waals surface area (Å²) in [6.45, 7) is 3.28. The van der Waals surface area contributed by atoms with Crippen LogP contribution < -0.4 is 5.32 Å². The van der Waals surface area contributed by atoms with Crippen molar-refractivity contribution < 1.29 is 14.6 Å². The third-order valence-corrected chi connectivity index (χ3v) is 2.20. The number of nitrogens with one attached hydrogen (secondary N) is 1. The van der Waals surface area contributed by atoms with Gasteiger partial charge in [-0.3, -0.25) is 0 Å². The van der Waals surface area contributed by atoms with E-state index in [-0.39, 0.29) is 12.1 Å². The van der Waals surface area contributed by atoms with Crippen LogP contribution in [0.4, 0.5) is 4.79 Å². The first-order valence-corrected chi connectivity index (χ1v) is 4.45. The monoisotopic (exact) mass is 188 g/mol. The summed E-state index contributed by atoms with van der Waals surface area (Å²) in [6.07, 6.45) is -0.871. The number of β-amino-alcohol motifs (C(OH)–C–C–N with tert-alkyl or cyclic N) is 1. The molecule has 1 fully saturated rings. The summed E-state index contributed by atoms with van der Waals surface area (Å²) in [5.74, 6) is 0. The van der Waals surface area contributed by atoms with E-state index in [1.165, 1.54) is 4.90 Å². The fourth-order valence-corrected chi connectivity index (χ4v) is 1.41. The number of likely N-dealkylation sites (N-methyl/N-ethyl adjacent to an activating group) is 1. The van der Waals surface area contributed by atoms with Gasteiger partial charge in [0, 0.05) is 20.1 Å². The van der Waals surface area contributed by atoms with E-state index in [1.807, 2.05) is 0 Å². The van der Waals surface area contributed by atoms with E-state index in [1.54, 1.807) is 14.0 Å². The second-order valence-electron chi connectivity index (χ2n) is 3.10. The van der Waals surface area contributed by atoms with Crippen molar-refractivity contribution in [2.75, 3.05) is 26.7 Å². The molecular weight excluding hydrogens is 172 g/mol. The summed E-state index contributed by atoms with van der Waals surface area (Å²) >= 11 is 0. The van der Waals surface area contributed by atoms with Crippen molar-refractivity contribution in [3.05, 3.63) is 0 Å². The molecule has 1 amide bonds. The lowest BCUT2D eigenvalue weighted by atomic mass is 10.2. The smallest absolute Gasteiger partial charge is 0.409 e. The van der Waals surface area contributed by atoms with Gasteiger partial charge in [0.2, 0.25) is 0 Å². The molecule has 0 aromatic heterocycles. The molecule has 2 atom stereocenters. The quantitative estimate of drug-likeness (QED) is 0.608. The molecule has 2 unspecified atom stereocenters. The maximum absolute atomic E-state index is 11.2. The number of ether oxygens (including phenoxy) is 1. The minimum Gasteiger partial charge on any atom is -0.450 e. The molecule has 76 valence electrons. The Morgan fingerprint density at radius 1 is 1.69 bits per heavy atom. The third kappa shape index (κ3) is 2.32. The summed E-state index contributed by atoms with van der Waals surface area (Å²) in [4.78, 5) is 12.7. The standard InChI is InChI=1S/C8H16N2O3/c1-3-13-8(12)10(2)6-4-9-5-7(6)11/h6-7,9,11H,3-5H2,1-2H3. The molecule has 1 rings (SSSR count). The molecule has 0 saturated carbocycles. The molecule has 5 heteroatoms. The minimum atomic E-state index is -0.491. The van der Waals surface area contributed by atoms with Gasteiger partial charge in [0.25, 0.3) is 0 Å². The summed E-state index contributed by atoms with van der Waals surface area (Å²) in [7, 11) is 1.64. The Morgan fingerprint density at radius 2 is 2.38 bits per heavy atom. The van der Waals surface area contributed by atoms with Crippen LogP contribution in [0.15, 0.2) is 0 Å². The van der Waals surface area contributed by atoms with Crippen molar-refractivity contribution in [2.24, 2.45) is 0 Å². The van der Waals surface area contributed by atoms with Crippen LogP contribution in [0.3, 0.4) is 0 Å². The first kappa shape index (κ1) is 10.3. The molecule has 5 nitrogen and oxygen atoms in total. The Balaban J connectivity index is 2.45. The summed E-state index contributed by atoms with van der Waals surface area (Å²) < 4.78 is 4.81. The van der Waals surface area contributed by atoms with Crippen molar-refractivity contribution in [2.45, 2.75) is 19.1 Å². The number of nitrogens with zero attached hydrogens (tertiary/aromatic N) is 1. The highest BCUT2D eigenvalue weighted by molar-refractivity contribution is 5.67. The fourth-order valence-electron chi connectivity index (χ4n) is 1.41. The zero-order valence-electron chi connectivity index (χ0n) is 7.99. The van der Waals surface area contributed by atoms with Gasteiger partial charge in [0.1, 0.15) is 0 Å². The Morgan fingerprint density at radius 3 is 2.85 bits per heavy atom. The number of hydrogen-bond donors (Lipinski definition) is 2. The van der Waals surface area contributed by atoms with Crippen LogP contribution in [-0.4, -0.2) is 55.0 Å². The Kier molecular flexibility index (Phi) is 3.50. The van der Waals surface area contributed by atoms with Crippen LogP contribution in [0.2, 0.25) is 0 Å². The minimum absolute atomic E-state index is 0.168. The van der Waals surface area contributed by atoms with Crippen LogP contribution in [0.1, 0.15) is 6.92 Å². The molecule has 1 aliphatic heterocycles. The van der Waals surface area contributed by atoms with Gasteiger partial charge >= 0.3 is 6.09 Å². The second kappa shape index (κ2) is 4.43. The topological polar surface area (TPSA) is 61.8 Å². The number of aliphatic hydroxyl groups is 1. The van der Waals surface area contributed by atoms with Crippen molar-refractivity contribution in [3.8, 4) is 0 Å². The van der Waals surface area contributed by atoms with Crippen LogP contribution in [-0.2, 0) is 4.74 Å². The van der Waals surface area contributed by atoms with E-state index in [9.17, 15) is 9.90 Å². The largest absolute Gasteiger partial charge is 0.450 e. The normalized spacial score (nSPS) is 27.3. The number of hydrogen-bond acceptors (Lipinski definition) is 4. The van der Waals surface area contributed by atoms with Gasteiger partial charge < -0.3 is 20.1 Å². The van der Waals surface area contributed by atoms with E-state index in [4.69, 9.17) is 4.74 Å². The van der Waals surface area contributed by atoms with E-state index in [0.29, 0.717) is 19.7 Å². The van der Waals surface area contributed by atoms with E-state index >= 15 is 0 Å². The van der Waals surface area contributed by atoms with Crippen molar-refractivity contribution in [1.82, 2.24) is 10.2 Å². The molecular formula is C8H16N2O3. The molecule has 1 heterocycles. The van der Waals surface area contributed by atoms with Crippen LogP contribution >= 0.6 is 0 Å². The molecule has 0 aromatic carbocycles. The Labute approximate surface area is 77.7 Å². The lowest BCUT2D eigenvalue weighted by Gasteiger charge is -2.25. The number of amides is 1. The predicted octanol–water partition coefficient (Wildman–Crippen LogP) is -0.593. The highest BCUT2D eigenvalue weighted by Gasteiger charge is 2.31. The number of aliphatic hydroxyl groups excluding tert-OH is 1. The van der Waals surface area contributed by atoms with Crippen molar-refractivity contribution in [3.63, 3.8) is 0 Å². The number of carbonyl (C=O) groups excluding carboxylic acids is 1. The van der Waals surface area contributed by atoms with Crippen LogP contribution in [0.25, 0.3) is 0 Å². The second-order valence-corrected chi connectivity index (χ2v) is 3.10. The fraction of sp³-hybridized carbons (Fsp3) is 0.875. The number of carbonyl (C=O) groups is 1. The molecule has 0 aliphatic carbocycles. The average molecular weight is 188 g/mol. The molecule has 0 bridgehead atoms. The SMILES string of the molecule is CCOC(=O)N(C)C1CNCC1O. The average Bonchev–Trinajstić information content (AvgIpc) is 2.50. The Hall–Kier alpha value is -0.810. The third-order valence-electron chi connectivity index (χ3n) is 2.20. The highest BCUT2D eigenvalue weighted by atomic mass is 16.6. The lowest BCUT2D eigenvalue weighted by Crippen LogP contribution is -2.44. The van der Waals surface area contributed by atoms with Gasteiger partial charge in [-0.2, -0.15) is 0 Å². The summed E-state index contributed by atoms with van der Waals surface area (Å²) in [5.41, 5.74) is 0. The van der Waals surface area contributed by atoms with Gasteiger partial charge in [-0.1, -0.05) is 0 Å². The van der Waals surface area contributed by atoms with Crippen molar-refractivity contribution >= 4 is 6.09 Å². The maximum Gasteiger partial charge on any atom is 0.409 e. The van der Waals surface area contributed by atoms with E-state index in [2.05, 4.69) is 5.32 Å². The predicted molar refractivity (Wildman–Crippen MR) is 47.4 cm³/mol. The van der Waals surface area contributed by atoms with E-state index in [0.717, 1.165) is 0 Å². The molecule has 0 aromatic rings. The molecule has 2 N–H and O–H groups in total. The molecule has 0 radical (unpaired) electrons. The molecule has 13 heavy (non-hydrogen) atoms. The zero-order chi connectivity index (χ0) is 9.84. The molecule has 1 aliphatic rings. The lowest BCUT2D eigenvalue weighted by molar-refractivity contribution is 0.0683. The van der Waals surface area contributed by atoms with Crippen LogP contribution in [0.5, 0.6) is 0 Å². The highest BCUT2D eigenvalue weighted by Crippen LogP contribution is 2.08. The molecule has 0 spiro atoms. The van der Waals surface area contributed by atoms with Gasteiger partial charge in [-0.25, -0.2) is 4.79 Å².